The highest BCUT2D eigenvalue weighted by atomic mass is 32.2. The van der Waals surface area contributed by atoms with E-state index in [9.17, 15) is 22.8 Å². The molecular formula is C15H12F3N3O2S. The van der Waals surface area contributed by atoms with E-state index in [1.807, 2.05) is 0 Å². The molecule has 3 N–H and O–H groups in total. The van der Waals surface area contributed by atoms with Gasteiger partial charge in [-0.25, -0.2) is 4.98 Å². The molecule has 2 amide bonds. The number of amides is 2. The number of para-hydroxylation sites is 1. The molecule has 2 aromatic rings. The number of anilines is 1. The van der Waals surface area contributed by atoms with Crippen LogP contribution in [0.4, 0.5) is 18.9 Å². The zero-order chi connectivity index (χ0) is 17.7. The highest BCUT2D eigenvalue weighted by Crippen LogP contribution is 2.29. The summed E-state index contributed by atoms with van der Waals surface area (Å²) in [6.45, 7) is 0. The maximum atomic E-state index is 12.4. The van der Waals surface area contributed by atoms with Gasteiger partial charge in [-0.15, -0.1) is 0 Å². The summed E-state index contributed by atoms with van der Waals surface area (Å²) >= 11 is 0.975. The van der Waals surface area contributed by atoms with Crippen LogP contribution in [0, 0.1) is 0 Å². The molecule has 5 nitrogen and oxygen atoms in total. The number of primary amides is 1. The highest BCUT2D eigenvalue weighted by Gasteiger charge is 2.30. The minimum absolute atomic E-state index is 0.0779. The summed E-state index contributed by atoms with van der Waals surface area (Å²) in [5.74, 6) is -1.19. The minimum Gasteiger partial charge on any atom is -0.366 e. The molecule has 0 aliphatic heterocycles. The maximum absolute atomic E-state index is 12.4. The number of benzene rings is 1. The Morgan fingerprint density at radius 2 is 1.88 bits per heavy atom. The third-order valence-corrected chi connectivity index (χ3v) is 3.83. The van der Waals surface area contributed by atoms with Crippen LogP contribution in [-0.4, -0.2) is 22.6 Å². The van der Waals surface area contributed by atoms with Gasteiger partial charge >= 0.3 is 6.18 Å². The first kappa shape index (κ1) is 17.8. The van der Waals surface area contributed by atoms with Gasteiger partial charge < -0.3 is 11.1 Å². The fraction of sp³-hybridized carbons (Fsp3) is 0.133. The predicted octanol–water partition coefficient (Wildman–Crippen LogP) is 2.93. The molecule has 0 atom stereocenters. The molecule has 1 aromatic carbocycles. The number of nitrogens with one attached hydrogen (secondary N) is 1. The number of aromatic nitrogens is 1. The van der Waals surface area contributed by atoms with E-state index in [4.69, 9.17) is 5.73 Å². The molecule has 0 saturated carbocycles. The van der Waals surface area contributed by atoms with Gasteiger partial charge in [0.25, 0.3) is 5.91 Å². The van der Waals surface area contributed by atoms with Gasteiger partial charge in [-0.3, -0.25) is 9.59 Å². The van der Waals surface area contributed by atoms with Gasteiger partial charge in [-0.1, -0.05) is 23.9 Å². The molecule has 0 saturated heterocycles. The third-order valence-electron chi connectivity index (χ3n) is 2.88. The average molecular weight is 355 g/mol. The quantitative estimate of drug-likeness (QED) is 0.808. The molecule has 0 unspecified atom stereocenters. The Balaban J connectivity index is 1.96. The molecule has 0 fully saturated rings. The van der Waals surface area contributed by atoms with Crippen molar-refractivity contribution < 1.29 is 22.8 Å². The number of thioether (sulfide) groups is 1. The van der Waals surface area contributed by atoms with Crippen LogP contribution in [0.3, 0.4) is 0 Å². The summed E-state index contributed by atoms with van der Waals surface area (Å²) < 4.78 is 37.3. The Hall–Kier alpha value is -2.55. The van der Waals surface area contributed by atoms with Crippen LogP contribution in [0.1, 0.15) is 15.9 Å². The molecular weight excluding hydrogens is 343 g/mol. The standard InChI is InChI=1S/C15H12F3N3O2S/c16-15(17,18)9-5-6-13(20-7-9)24-8-12(22)21-11-4-2-1-3-10(11)14(19)23/h1-7H,8H2,(H2,19,23)(H,21,22). The number of nitrogens with two attached hydrogens (primary N) is 1. The lowest BCUT2D eigenvalue weighted by Crippen LogP contribution is -2.19. The van der Waals surface area contributed by atoms with Crippen LogP contribution < -0.4 is 11.1 Å². The fourth-order valence-electron chi connectivity index (χ4n) is 1.77. The van der Waals surface area contributed by atoms with Crippen molar-refractivity contribution in [3.63, 3.8) is 0 Å². The minimum atomic E-state index is -4.45. The Morgan fingerprint density at radius 3 is 2.46 bits per heavy atom. The summed E-state index contributed by atoms with van der Waals surface area (Å²) in [4.78, 5) is 26.8. The number of halogens is 3. The van der Waals surface area contributed by atoms with Crippen molar-refractivity contribution >= 4 is 29.3 Å². The van der Waals surface area contributed by atoms with E-state index >= 15 is 0 Å². The van der Waals surface area contributed by atoms with E-state index < -0.39 is 23.6 Å². The van der Waals surface area contributed by atoms with E-state index in [-0.39, 0.29) is 22.0 Å². The van der Waals surface area contributed by atoms with Gasteiger partial charge in [0, 0.05) is 6.20 Å². The SMILES string of the molecule is NC(=O)c1ccccc1NC(=O)CSc1ccc(C(F)(F)F)cn1. The lowest BCUT2D eigenvalue weighted by molar-refractivity contribution is -0.137. The predicted molar refractivity (Wildman–Crippen MR) is 83.6 cm³/mol. The van der Waals surface area contributed by atoms with Gasteiger partial charge in [-0.05, 0) is 24.3 Å². The summed E-state index contributed by atoms with van der Waals surface area (Å²) in [5.41, 5.74) is 4.80. The maximum Gasteiger partial charge on any atom is 0.417 e. The molecule has 1 heterocycles. The van der Waals surface area contributed by atoms with Gasteiger partial charge in [0.2, 0.25) is 5.91 Å². The molecule has 126 valence electrons. The van der Waals surface area contributed by atoms with Gasteiger partial charge in [0.15, 0.2) is 0 Å². The van der Waals surface area contributed by atoms with Crippen molar-refractivity contribution in [2.75, 3.05) is 11.1 Å². The number of carbonyl (C=O) groups is 2. The second kappa shape index (κ2) is 7.35. The van der Waals surface area contributed by atoms with E-state index in [0.717, 1.165) is 17.8 Å². The summed E-state index contributed by atoms with van der Waals surface area (Å²) in [6.07, 6.45) is -3.74. The van der Waals surface area contributed by atoms with E-state index in [1.165, 1.54) is 18.2 Å². The van der Waals surface area contributed by atoms with E-state index in [2.05, 4.69) is 10.3 Å². The summed E-state index contributed by atoms with van der Waals surface area (Å²) in [6, 6.07) is 8.33. The fourth-order valence-corrected chi connectivity index (χ4v) is 2.41. The number of hydrogen-bond acceptors (Lipinski definition) is 4. The van der Waals surface area contributed by atoms with E-state index in [0.29, 0.717) is 6.20 Å². The molecule has 1 aromatic heterocycles. The molecule has 0 aliphatic carbocycles. The Kier molecular flexibility index (Phi) is 5.45. The van der Waals surface area contributed by atoms with Crippen molar-refractivity contribution in [3.8, 4) is 0 Å². The monoisotopic (exact) mass is 355 g/mol. The van der Waals surface area contributed by atoms with Crippen LogP contribution in [0.15, 0.2) is 47.6 Å². The second-order valence-corrected chi connectivity index (χ2v) is 5.63. The number of alkyl halides is 3. The number of hydrogen-bond donors (Lipinski definition) is 2. The van der Waals surface area contributed by atoms with Crippen molar-refractivity contribution in [2.45, 2.75) is 11.2 Å². The molecule has 0 bridgehead atoms. The lowest BCUT2D eigenvalue weighted by Gasteiger charge is -2.09. The highest BCUT2D eigenvalue weighted by molar-refractivity contribution is 7.99. The van der Waals surface area contributed by atoms with Crippen LogP contribution in [0.5, 0.6) is 0 Å². The largest absolute Gasteiger partial charge is 0.417 e. The van der Waals surface area contributed by atoms with Crippen LogP contribution in [0.25, 0.3) is 0 Å². The summed E-state index contributed by atoms with van der Waals surface area (Å²) in [7, 11) is 0. The Bertz CT molecular complexity index is 748. The molecule has 24 heavy (non-hydrogen) atoms. The lowest BCUT2D eigenvalue weighted by atomic mass is 10.1. The number of nitrogens with zero attached hydrogens (tertiary/aromatic N) is 1. The van der Waals surface area contributed by atoms with Crippen molar-refractivity contribution in [2.24, 2.45) is 5.73 Å². The number of pyridine rings is 1. The Morgan fingerprint density at radius 1 is 1.17 bits per heavy atom. The zero-order valence-corrected chi connectivity index (χ0v) is 12.9. The summed E-state index contributed by atoms with van der Waals surface area (Å²) in [5, 5.41) is 2.81. The van der Waals surface area contributed by atoms with Crippen LogP contribution in [-0.2, 0) is 11.0 Å². The first-order valence-corrected chi connectivity index (χ1v) is 7.60. The smallest absolute Gasteiger partial charge is 0.366 e. The molecule has 2 rings (SSSR count). The first-order valence-electron chi connectivity index (χ1n) is 6.62. The van der Waals surface area contributed by atoms with Gasteiger partial charge in [0.1, 0.15) is 0 Å². The van der Waals surface area contributed by atoms with E-state index in [1.54, 1.807) is 12.1 Å². The van der Waals surface area contributed by atoms with Crippen molar-refractivity contribution in [3.05, 3.63) is 53.7 Å². The topological polar surface area (TPSA) is 85.1 Å². The normalized spacial score (nSPS) is 11.1. The number of carbonyl (C=O) groups excluding carboxylic acids is 2. The zero-order valence-electron chi connectivity index (χ0n) is 12.1. The second-order valence-electron chi connectivity index (χ2n) is 4.63. The van der Waals surface area contributed by atoms with Crippen molar-refractivity contribution in [1.29, 1.82) is 0 Å². The van der Waals surface area contributed by atoms with Gasteiger partial charge in [0.05, 0.1) is 27.6 Å². The Labute approximate surface area is 139 Å². The van der Waals surface area contributed by atoms with Crippen LogP contribution >= 0.6 is 11.8 Å². The van der Waals surface area contributed by atoms with Gasteiger partial charge in [-0.2, -0.15) is 13.2 Å². The third kappa shape index (κ3) is 4.72. The average Bonchev–Trinajstić information content (AvgIpc) is 2.53. The molecule has 0 radical (unpaired) electrons. The molecule has 0 aliphatic rings. The molecule has 9 heteroatoms. The van der Waals surface area contributed by atoms with Crippen molar-refractivity contribution in [1.82, 2.24) is 4.98 Å². The van der Waals surface area contributed by atoms with Crippen LogP contribution in [0.2, 0.25) is 0 Å². The number of rotatable bonds is 5. The first-order chi connectivity index (χ1) is 11.3. The molecule has 0 spiro atoms.